The highest BCUT2D eigenvalue weighted by Crippen LogP contribution is 2.33. The predicted octanol–water partition coefficient (Wildman–Crippen LogP) is 1.98. The number of nitrogens with zero attached hydrogens (tertiary/aromatic N) is 5. The third-order valence-electron chi connectivity index (χ3n) is 7.05. The first-order valence-corrected chi connectivity index (χ1v) is 13.6. The van der Waals surface area contributed by atoms with Crippen LogP contribution in [0, 0.1) is 12.8 Å². The molecule has 2 aliphatic heterocycles. The molecule has 1 aliphatic carbocycles. The molecule has 0 atom stereocenters. The maximum absolute atomic E-state index is 13.3. The molecule has 192 valence electrons. The monoisotopic (exact) mass is 511 g/mol. The van der Waals surface area contributed by atoms with Gasteiger partial charge in [-0.05, 0) is 68.9 Å². The van der Waals surface area contributed by atoms with E-state index >= 15 is 0 Å². The summed E-state index contributed by atoms with van der Waals surface area (Å²) in [6.07, 6.45) is 3.77. The van der Waals surface area contributed by atoms with Crippen LogP contribution in [0.15, 0.2) is 18.2 Å². The Kier molecular flexibility index (Phi) is 7.47. The molecule has 0 spiro atoms. The molecule has 11 heteroatoms. The van der Waals surface area contributed by atoms with E-state index in [1.807, 2.05) is 21.9 Å². The van der Waals surface area contributed by atoms with Crippen molar-refractivity contribution in [2.75, 3.05) is 62.6 Å². The van der Waals surface area contributed by atoms with Crippen LogP contribution in [-0.4, -0.2) is 89.5 Å². The lowest BCUT2D eigenvalue weighted by Crippen LogP contribution is -2.36. The fourth-order valence-corrected chi connectivity index (χ4v) is 5.41. The van der Waals surface area contributed by atoms with Crippen molar-refractivity contribution in [3.63, 3.8) is 0 Å². The minimum Gasteiger partial charge on any atom is -0.368 e. The molecule has 36 heavy (non-hydrogen) atoms. The second-order valence-corrected chi connectivity index (χ2v) is 10.5. The maximum atomic E-state index is 13.3. The Bertz CT molecular complexity index is 1120. The minimum absolute atomic E-state index is 0.0338. The molecular formula is C25H33N7O3S. The van der Waals surface area contributed by atoms with Crippen molar-refractivity contribution in [2.24, 2.45) is 5.92 Å². The molecule has 1 aromatic carbocycles. The molecular weight excluding hydrogens is 478 g/mol. The van der Waals surface area contributed by atoms with Crippen molar-refractivity contribution in [3.8, 4) is 0 Å². The van der Waals surface area contributed by atoms with Gasteiger partial charge in [-0.3, -0.25) is 14.4 Å². The quantitative estimate of drug-likeness (QED) is 0.632. The first-order chi connectivity index (χ1) is 17.5. The number of nitrogens with one attached hydrogen (secondary N) is 2. The van der Waals surface area contributed by atoms with Gasteiger partial charge in [0.2, 0.25) is 5.91 Å². The number of anilines is 2. The lowest BCUT2D eigenvalue weighted by atomic mass is 10.1. The van der Waals surface area contributed by atoms with Crippen LogP contribution in [0.3, 0.4) is 0 Å². The second-order valence-electron chi connectivity index (χ2n) is 9.71. The lowest BCUT2D eigenvalue weighted by molar-refractivity contribution is -0.132. The highest BCUT2D eigenvalue weighted by atomic mass is 32.1. The molecule has 0 bridgehead atoms. The van der Waals surface area contributed by atoms with Crippen molar-refractivity contribution >= 4 is 40.6 Å². The van der Waals surface area contributed by atoms with Crippen molar-refractivity contribution in [1.29, 1.82) is 0 Å². The van der Waals surface area contributed by atoms with Crippen molar-refractivity contribution in [1.82, 2.24) is 24.7 Å². The van der Waals surface area contributed by atoms with Crippen LogP contribution in [0.4, 0.5) is 11.4 Å². The first-order valence-electron chi connectivity index (χ1n) is 12.8. The standard InChI is InChI=1S/C25H33N7O3S/c1-17-22(36-29-28-17)23(33)27-20-16-19(25(35)31-10-2-8-26-9-13-31)6-7-21(20)30-11-3-12-32(15-14-30)24(34)18-4-5-18/h6-7,16,18,26H,2-5,8-15H2,1H3,(H,27,33). The van der Waals surface area contributed by atoms with E-state index in [1.54, 1.807) is 13.0 Å². The van der Waals surface area contributed by atoms with Crippen LogP contribution < -0.4 is 15.5 Å². The highest BCUT2D eigenvalue weighted by molar-refractivity contribution is 7.08. The average molecular weight is 512 g/mol. The maximum Gasteiger partial charge on any atom is 0.269 e. The molecule has 0 radical (unpaired) electrons. The van der Waals surface area contributed by atoms with E-state index in [9.17, 15) is 14.4 Å². The predicted molar refractivity (Wildman–Crippen MR) is 139 cm³/mol. The summed E-state index contributed by atoms with van der Waals surface area (Å²) in [5, 5.41) is 10.3. The van der Waals surface area contributed by atoms with Crippen molar-refractivity contribution in [2.45, 2.75) is 32.6 Å². The summed E-state index contributed by atoms with van der Waals surface area (Å²) < 4.78 is 3.89. The summed E-state index contributed by atoms with van der Waals surface area (Å²) in [5.41, 5.74) is 2.57. The minimum atomic E-state index is -0.285. The molecule has 3 heterocycles. The highest BCUT2D eigenvalue weighted by Gasteiger charge is 2.34. The zero-order chi connectivity index (χ0) is 25.1. The van der Waals surface area contributed by atoms with E-state index in [-0.39, 0.29) is 23.6 Å². The Hall–Kier alpha value is -3.05. The van der Waals surface area contributed by atoms with E-state index in [2.05, 4.69) is 25.1 Å². The fraction of sp³-hybridized carbons (Fsp3) is 0.560. The van der Waals surface area contributed by atoms with Gasteiger partial charge in [0, 0.05) is 57.3 Å². The summed E-state index contributed by atoms with van der Waals surface area (Å²) in [6, 6.07) is 5.56. The third-order valence-corrected chi connectivity index (χ3v) is 7.88. The van der Waals surface area contributed by atoms with Gasteiger partial charge in [0.05, 0.1) is 17.1 Å². The largest absolute Gasteiger partial charge is 0.368 e. The number of aryl methyl sites for hydroxylation is 1. The van der Waals surface area contributed by atoms with Gasteiger partial charge in [-0.1, -0.05) is 4.49 Å². The van der Waals surface area contributed by atoms with Gasteiger partial charge in [-0.2, -0.15) is 0 Å². The van der Waals surface area contributed by atoms with E-state index < -0.39 is 0 Å². The van der Waals surface area contributed by atoms with Crippen LogP contribution in [0.25, 0.3) is 0 Å². The molecule has 2 saturated heterocycles. The van der Waals surface area contributed by atoms with Crippen LogP contribution in [0.2, 0.25) is 0 Å². The van der Waals surface area contributed by atoms with Gasteiger partial charge in [0.25, 0.3) is 11.8 Å². The summed E-state index contributed by atoms with van der Waals surface area (Å²) in [4.78, 5) is 45.5. The van der Waals surface area contributed by atoms with Gasteiger partial charge in [-0.15, -0.1) is 5.10 Å². The normalized spacial score (nSPS) is 19.0. The zero-order valence-electron chi connectivity index (χ0n) is 20.7. The third kappa shape index (κ3) is 5.52. The number of aromatic nitrogens is 2. The smallest absolute Gasteiger partial charge is 0.269 e. The van der Waals surface area contributed by atoms with Gasteiger partial charge < -0.3 is 25.3 Å². The Morgan fingerprint density at radius 2 is 1.83 bits per heavy atom. The van der Waals surface area contributed by atoms with E-state index in [1.165, 1.54) is 0 Å². The molecule has 0 unspecified atom stereocenters. The van der Waals surface area contributed by atoms with Gasteiger partial charge in [0.15, 0.2) is 0 Å². The molecule has 2 aromatic rings. The molecule has 10 nitrogen and oxygen atoms in total. The van der Waals surface area contributed by atoms with Crippen LogP contribution in [-0.2, 0) is 4.79 Å². The average Bonchev–Trinajstić information content (AvgIpc) is 3.70. The van der Waals surface area contributed by atoms with E-state index in [0.29, 0.717) is 48.0 Å². The Morgan fingerprint density at radius 3 is 2.61 bits per heavy atom. The van der Waals surface area contributed by atoms with Gasteiger partial charge in [0.1, 0.15) is 4.88 Å². The Labute approximate surface area is 215 Å². The SMILES string of the molecule is Cc1nnsc1C(=O)Nc1cc(C(=O)N2CCCNCC2)ccc1N1CCCN(C(=O)C2CC2)CC1. The van der Waals surface area contributed by atoms with Crippen LogP contribution in [0.5, 0.6) is 0 Å². The first kappa shape index (κ1) is 24.6. The summed E-state index contributed by atoms with van der Waals surface area (Å²) in [7, 11) is 0. The summed E-state index contributed by atoms with van der Waals surface area (Å²) in [6.45, 7) is 7.64. The molecule has 3 amide bonds. The van der Waals surface area contributed by atoms with Crippen LogP contribution >= 0.6 is 11.5 Å². The topological polar surface area (TPSA) is 111 Å². The number of carbonyl (C=O) groups is 3. The molecule has 3 fully saturated rings. The molecule has 2 N–H and O–H groups in total. The van der Waals surface area contributed by atoms with E-state index in [4.69, 9.17) is 0 Å². The van der Waals surface area contributed by atoms with E-state index in [0.717, 1.165) is 69.1 Å². The number of carbonyl (C=O) groups excluding carboxylic acids is 3. The Morgan fingerprint density at radius 1 is 1.00 bits per heavy atom. The second kappa shape index (κ2) is 10.9. The number of benzene rings is 1. The lowest BCUT2D eigenvalue weighted by Gasteiger charge is -2.27. The number of rotatable bonds is 5. The molecule has 3 aliphatic rings. The number of hydrogen-bond acceptors (Lipinski definition) is 8. The summed E-state index contributed by atoms with van der Waals surface area (Å²) >= 11 is 1.06. The summed E-state index contributed by atoms with van der Waals surface area (Å²) in [5.74, 6) is 0.162. The number of amides is 3. The van der Waals surface area contributed by atoms with Crippen molar-refractivity contribution in [3.05, 3.63) is 34.3 Å². The number of hydrogen-bond donors (Lipinski definition) is 2. The van der Waals surface area contributed by atoms with Gasteiger partial charge in [-0.25, -0.2) is 0 Å². The zero-order valence-corrected chi connectivity index (χ0v) is 21.5. The molecule has 1 saturated carbocycles. The molecule has 5 rings (SSSR count). The molecule has 1 aromatic heterocycles. The fourth-order valence-electron chi connectivity index (χ4n) is 4.86. The van der Waals surface area contributed by atoms with Crippen LogP contribution in [0.1, 0.15) is 51.4 Å². The van der Waals surface area contributed by atoms with Crippen molar-refractivity contribution < 1.29 is 14.4 Å². The Balaban J connectivity index is 1.40. The van der Waals surface area contributed by atoms with Gasteiger partial charge >= 0.3 is 0 Å².